The van der Waals surface area contributed by atoms with Crippen molar-refractivity contribution < 1.29 is 72.3 Å². The van der Waals surface area contributed by atoms with Gasteiger partial charge in [0.1, 0.15) is 36.5 Å². The van der Waals surface area contributed by atoms with Gasteiger partial charge >= 0.3 is 11.9 Å². The molecule has 0 fully saturated rings. The molecule has 1 aliphatic heterocycles. The number of ketones is 3. The molecule has 18 nitrogen and oxygen atoms in total. The number of Topliss-reactive ketones (excluding diaryl/α,β-unsaturated/α-hetero) is 3. The summed E-state index contributed by atoms with van der Waals surface area (Å²) in [6, 6.07) is 5.45. The topological polar surface area (TPSA) is 304 Å². The molecule has 0 aromatic heterocycles. The zero-order valence-corrected chi connectivity index (χ0v) is 39.5. The number of nitrogens with two attached hydrogens (primary N) is 1. The minimum absolute atomic E-state index is 0.0122. The van der Waals surface area contributed by atoms with Gasteiger partial charge in [-0.2, -0.15) is 0 Å². The molecule has 2 aliphatic rings. The van der Waals surface area contributed by atoms with Gasteiger partial charge in [0, 0.05) is 41.3 Å². The van der Waals surface area contributed by atoms with Crippen LogP contribution in [0.4, 0.5) is 14.5 Å². The maximum atomic E-state index is 14.5. The predicted octanol–water partition coefficient (Wildman–Crippen LogP) is 3.50. The van der Waals surface area contributed by atoms with Crippen LogP contribution in [-0.4, -0.2) is 135 Å². The number of aliphatic hydroxyl groups is 2. The first-order chi connectivity index (χ1) is 31.1. The average molecular weight is 1000 g/mol. The first kappa shape index (κ1) is 56.9. The number of aliphatic carboxylic acids is 2. The van der Waals surface area contributed by atoms with Gasteiger partial charge in [-0.3, -0.25) is 38.4 Å². The normalized spacial score (nSPS) is 12.1. The van der Waals surface area contributed by atoms with Crippen molar-refractivity contribution in [3.05, 3.63) is 69.9 Å². The Kier molecular flexibility index (Phi) is 24.2. The van der Waals surface area contributed by atoms with Crippen LogP contribution in [0.15, 0.2) is 51.7 Å². The molecular weight excluding hydrogens is 951 g/mol. The van der Waals surface area contributed by atoms with E-state index in [4.69, 9.17) is 15.3 Å². The molecule has 1 heterocycles. The number of aromatic hydroxyl groups is 1. The van der Waals surface area contributed by atoms with Crippen molar-refractivity contribution in [2.45, 2.75) is 51.7 Å². The molecule has 4 rings (SSSR count). The number of carboxylic acids is 2. The number of phenols is 1. The minimum Gasteiger partial charge on any atom is -0.505 e. The van der Waals surface area contributed by atoms with E-state index in [1.54, 1.807) is 21.6 Å². The van der Waals surface area contributed by atoms with E-state index >= 15 is 0 Å². The third-order valence-corrected chi connectivity index (χ3v) is 12.4. The fourth-order valence-electron chi connectivity index (χ4n) is 5.79. The van der Waals surface area contributed by atoms with E-state index in [1.807, 2.05) is 19.4 Å². The molecule has 9 N–H and O–H groups in total. The van der Waals surface area contributed by atoms with Crippen molar-refractivity contribution in [1.82, 2.24) is 10.6 Å². The summed E-state index contributed by atoms with van der Waals surface area (Å²) in [5.74, 6) is -6.62. The highest BCUT2D eigenvalue weighted by molar-refractivity contribution is 8.76. The molecule has 0 saturated carbocycles. The number of nitrogens with zero attached hydrogens (tertiary/aromatic N) is 1. The second kappa shape index (κ2) is 28.1. The Labute approximate surface area is 393 Å². The van der Waals surface area contributed by atoms with Crippen LogP contribution < -0.4 is 26.7 Å². The van der Waals surface area contributed by atoms with E-state index < -0.39 is 84.6 Å². The molecule has 0 bridgehead atoms. The summed E-state index contributed by atoms with van der Waals surface area (Å²) in [6.07, 6.45) is 4.03. The molecule has 2 aromatic rings. The highest BCUT2D eigenvalue weighted by Crippen LogP contribution is 2.43. The van der Waals surface area contributed by atoms with E-state index in [0.29, 0.717) is 11.5 Å². The fourth-order valence-corrected chi connectivity index (χ4v) is 8.08. The van der Waals surface area contributed by atoms with Gasteiger partial charge in [-0.1, -0.05) is 56.2 Å². The lowest BCUT2D eigenvalue weighted by molar-refractivity contribution is -0.136. The number of hydrogen-bond acceptors (Lipinski definition) is 18. The number of carbonyl (C=O) groups excluding carboxylic acids is 5. The molecule has 2 aromatic carbocycles. The fraction of sp³-hybridized carbons (Fsp3) is 0.381. The predicted molar refractivity (Wildman–Crippen MR) is 252 cm³/mol. The summed E-state index contributed by atoms with van der Waals surface area (Å²) in [4.78, 5) is 93.6. The van der Waals surface area contributed by atoms with Gasteiger partial charge in [0.2, 0.25) is 17.2 Å². The first-order valence-electron chi connectivity index (χ1n) is 19.4. The number of amides is 2. The number of aliphatic hydroxyl groups excluding tert-OH is 2. The highest BCUT2D eigenvalue weighted by atomic mass is 33.1. The lowest BCUT2D eigenvalue weighted by Gasteiger charge is -2.25. The number of nitrogens with one attached hydrogen (secondary N) is 2. The van der Waals surface area contributed by atoms with Crippen LogP contribution in [0.25, 0.3) is 33.4 Å². The SMILES string of the molecule is CC(=O)C(CO)NC(=O)Cc1cc(-c2c3cc(F)c(=O)cc-3oc3cc(O)c(F)cc23)ccc1N(CC(=O)O)CC(=O)O.CCC(N)C(=O)CSSC.CSSCC(=O)C(CO)NC(C)=O. The van der Waals surface area contributed by atoms with Crippen molar-refractivity contribution in [3.8, 4) is 28.2 Å². The second-order valence-corrected chi connectivity index (χ2v) is 19.0. The zero-order valence-electron chi connectivity index (χ0n) is 36.3. The van der Waals surface area contributed by atoms with Gasteiger partial charge in [-0.25, -0.2) is 8.78 Å². The Balaban J connectivity index is 0.000000533. The number of halogens is 2. The number of phenolic OH excluding ortho intramolecular Hbond substituents is 1. The Bertz CT molecular complexity index is 2390. The minimum atomic E-state index is -1.38. The number of rotatable bonds is 22. The van der Waals surface area contributed by atoms with E-state index in [0.717, 1.165) is 42.5 Å². The van der Waals surface area contributed by atoms with Gasteiger partial charge in [-0.15, -0.1) is 0 Å². The van der Waals surface area contributed by atoms with Crippen molar-refractivity contribution in [3.63, 3.8) is 0 Å². The number of hydrogen-bond donors (Lipinski definition) is 8. The Morgan fingerprint density at radius 3 is 1.92 bits per heavy atom. The van der Waals surface area contributed by atoms with Crippen molar-refractivity contribution in [1.29, 1.82) is 0 Å². The van der Waals surface area contributed by atoms with Crippen LogP contribution in [-0.2, 0) is 40.0 Å². The largest absolute Gasteiger partial charge is 0.505 e. The number of carboxylic acid groups (broad SMARTS) is 2. The van der Waals surface area contributed by atoms with Gasteiger partial charge in [0.25, 0.3) is 0 Å². The number of benzene rings is 3. The third-order valence-electron chi connectivity index (χ3n) is 9.00. The van der Waals surface area contributed by atoms with Gasteiger partial charge in [0.15, 0.2) is 34.7 Å². The highest BCUT2D eigenvalue weighted by Gasteiger charge is 2.25. The molecular formula is C42H50F2N4O14S4. The summed E-state index contributed by atoms with van der Waals surface area (Å²) >= 11 is 0. The van der Waals surface area contributed by atoms with Crippen molar-refractivity contribution in [2.24, 2.45) is 5.73 Å². The smallest absolute Gasteiger partial charge is 0.323 e. The monoisotopic (exact) mass is 1000 g/mol. The number of carbonyl (C=O) groups is 7. The van der Waals surface area contributed by atoms with Gasteiger partial charge in [-0.05, 0) is 61.2 Å². The molecule has 3 atom stereocenters. The van der Waals surface area contributed by atoms with Crippen LogP contribution in [0, 0.1) is 11.6 Å². The second-order valence-electron chi connectivity index (χ2n) is 13.9. The van der Waals surface area contributed by atoms with E-state index in [-0.39, 0.29) is 74.8 Å². The molecule has 0 saturated heterocycles. The Morgan fingerprint density at radius 1 is 0.818 bits per heavy atom. The molecule has 24 heteroatoms. The molecule has 3 unspecified atom stereocenters. The first-order valence-corrected chi connectivity index (χ1v) is 24.9. The van der Waals surface area contributed by atoms with Gasteiger partial charge in [0.05, 0.1) is 37.2 Å². The van der Waals surface area contributed by atoms with Crippen LogP contribution in [0.5, 0.6) is 5.75 Å². The van der Waals surface area contributed by atoms with Crippen LogP contribution in [0.1, 0.15) is 32.8 Å². The molecule has 360 valence electrons. The molecule has 0 spiro atoms. The maximum Gasteiger partial charge on any atom is 0.323 e. The van der Waals surface area contributed by atoms with Crippen molar-refractivity contribution in [2.75, 3.05) is 55.2 Å². The van der Waals surface area contributed by atoms with E-state index in [2.05, 4.69) is 10.6 Å². The molecule has 66 heavy (non-hydrogen) atoms. The lowest BCUT2D eigenvalue weighted by atomic mass is 9.91. The summed E-state index contributed by atoms with van der Waals surface area (Å²) in [5, 5.41) is 51.7. The van der Waals surface area contributed by atoms with Crippen molar-refractivity contribution >= 4 is 101 Å². The number of anilines is 1. The zero-order chi connectivity index (χ0) is 49.8. The molecule has 1 aliphatic carbocycles. The Hall–Kier alpha value is -5.24. The molecule has 2 amide bonds. The molecule has 0 radical (unpaired) electrons. The maximum absolute atomic E-state index is 14.5. The number of fused-ring (bicyclic) bond motifs is 2. The van der Waals surface area contributed by atoms with Crippen LogP contribution >= 0.6 is 43.2 Å². The van der Waals surface area contributed by atoms with Gasteiger partial charge < -0.3 is 51.2 Å². The van der Waals surface area contributed by atoms with E-state index in [9.17, 15) is 67.6 Å². The lowest BCUT2D eigenvalue weighted by Crippen LogP contribution is -2.43. The van der Waals surface area contributed by atoms with E-state index in [1.165, 1.54) is 46.7 Å². The average Bonchev–Trinajstić information content (AvgIpc) is 3.25. The summed E-state index contributed by atoms with van der Waals surface area (Å²) in [7, 11) is 6.02. The summed E-state index contributed by atoms with van der Waals surface area (Å²) < 4.78 is 34.7. The standard InChI is InChI=1S/C29H24F2N2O10.C7H13NO3S2.C6H13NOS2/c1-13(35)20(12-34)32-26(38)5-15-4-14(2-3-21(15)33(10-27(39)40)11-28(41)42)29-16-6-18(30)22(36)8-24(16)43-25-9-23(37)19(31)7-17(25)29;1-5(10)8-6(3-9)7(11)4-13-12-2;1-3-5(7)6(8)4-10-9-2/h2-4,6-9,20,34,36H,5,10-12H2,1H3,(H,32,38)(H,39,40)(H,41,42);6,9H,3-4H2,1-2H3,(H,8,10);5H,3-4,7H2,1-2H3. The Morgan fingerprint density at radius 2 is 1.41 bits per heavy atom. The quantitative estimate of drug-likeness (QED) is 0.0413. The summed E-state index contributed by atoms with van der Waals surface area (Å²) in [6.45, 7) is 1.80. The third kappa shape index (κ3) is 17.5. The van der Waals surface area contributed by atoms with Crippen LogP contribution in [0.2, 0.25) is 0 Å². The summed E-state index contributed by atoms with van der Waals surface area (Å²) in [5.41, 5.74) is 4.79. The van der Waals surface area contributed by atoms with Crippen LogP contribution in [0.3, 0.4) is 0 Å².